The molecule has 1 aliphatic heterocycles. The van der Waals surface area contributed by atoms with E-state index in [0.717, 1.165) is 24.5 Å². The van der Waals surface area contributed by atoms with Crippen LogP contribution in [0.5, 0.6) is 0 Å². The molecule has 1 atom stereocenters. The van der Waals surface area contributed by atoms with Gasteiger partial charge in [-0.25, -0.2) is 8.42 Å². The number of sulfone groups is 1. The lowest BCUT2D eigenvalue weighted by Gasteiger charge is -2.04. The van der Waals surface area contributed by atoms with E-state index >= 15 is 0 Å². The van der Waals surface area contributed by atoms with Crippen LogP contribution in [0.2, 0.25) is 0 Å². The van der Waals surface area contributed by atoms with Crippen LogP contribution in [-0.4, -0.2) is 37.4 Å². The van der Waals surface area contributed by atoms with Crippen molar-refractivity contribution in [3.05, 3.63) is 40.4 Å². The Labute approximate surface area is 144 Å². The first-order valence-electron chi connectivity index (χ1n) is 7.44. The Morgan fingerprint density at radius 2 is 2.08 bits per heavy atom. The molecule has 0 bridgehead atoms. The largest absolute Gasteiger partial charge is 0.371 e. The second kappa shape index (κ2) is 6.96. The fourth-order valence-electron chi connectivity index (χ4n) is 2.41. The van der Waals surface area contributed by atoms with Crippen LogP contribution in [0, 0.1) is 0 Å². The highest BCUT2D eigenvalue weighted by molar-refractivity contribution is 7.89. The van der Waals surface area contributed by atoms with Crippen LogP contribution in [-0.2, 0) is 20.3 Å². The molecule has 1 amide bonds. The number of anilines is 1. The zero-order valence-corrected chi connectivity index (χ0v) is 14.7. The molecular formula is C15H17N3O4S2. The molecule has 0 aliphatic carbocycles. The van der Waals surface area contributed by atoms with Crippen LogP contribution in [0.1, 0.15) is 39.9 Å². The van der Waals surface area contributed by atoms with E-state index < -0.39 is 9.84 Å². The molecular weight excluding hydrogens is 350 g/mol. The summed E-state index contributed by atoms with van der Waals surface area (Å²) in [7, 11) is -3.09. The molecule has 128 valence electrons. The quantitative estimate of drug-likeness (QED) is 0.870. The van der Waals surface area contributed by atoms with Gasteiger partial charge >= 0.3 is 0 Å². The number of hydrogen-bond acceptors (Lipinski definition) is 7. The highest BCUT2D eigenvalue weighted by Gasteiger charge is 2.22. The lowest BCUT2D eigenvalue weighted by Crippen LogP contribution is -2.11. The molecule has 1 aliphatic rings. The first kappa shape index (κ1) is 17.0. The maximum Gasteiger partial charge on any atom is 0.257 e. The summed E-state index contributed by atoms with van der Waals surface area (Å²) < 4.78 is 28.1. The summed E-state index contributed by atoms with van der Waals surface area (Å²) in [5.41, 5.74) is 1.08. The lowest BCUT2D eigenvalue weighted by molar-refractivity contribution is 0.102. The van der Waals surface area contributed by atoms with Gasteiger partial charge in [0.15, 0.2) is 9.84 Å². The third-order valence-electron chi connectivity index (χ3n) is 3.51. The minimum atomic E-state index is -3.09. The van der Waals surface area contributed by atoms with Gasteiger partial charge in [-0.2, -0.15) is 0 Å². The van der Waals surface area contributed by atoms with E-state index in [1.54, 1.807) is 24.3 Å². The summed E-state index contributed by atoms with van der Waals surface area (Å²) in [6.07, 6.45) is 3.08. The average Bonchev–Trinajstić information content (AvgIpc) is 3.16. The van der Waals surface area contributed by atoms with Crippen molar-refractivity contribution in [3.8, 4) is 0 Å². The molecule has 24 heavy (non-hydrogen) atoms. The third-order valence-corrected chi connectivity index (χ3v) is 5.30. The summed E-state index contributed by atoms with van der Waals surface area (Å²) in [5.74, 6) is -0.355. The molecule has 1 fully saturated rings. The molecule has 0 spiro atoms. The number of aromatic nitrogens is 2. The first-order valence-corrected chi connectivity index (χ1v) is 10.3. The van der Waals surface area contributed by atoms with Crippen LogP contribution < -0.4 is 5.32 Å². The van der Waals surface area contributed by atoms with E-state index in [4.69, 9.17) is 4.74 Å². The van der Waals surface area contributed by atoms with Crippen LogP contribution in [0.15, 0.2) is 24.3 Å². The molecule has 1 aromatic carbocycles. The van der Waals surface area contributed by atoms with Gasteiger partial charge in [0, 0.05) is 18.4 Å². The fraction of sp³-hybridized carbons (Fsp3) is 0.400. The molecule has 0 radical (unpaired) electrons. The van der Waals surface area contributed by atoms with Gasteiger partial charge in [-0.05, 0) is 30.5 Å². The van der Waals surface area contributed by atoms with E-state index in [1.165, 1.54) is 17.6 Å². The number of carbonyl (C=O) groups excluding carboxylic acids is 1. The molecule has 9 heteroatoms. The van der Waals surface area contributed by atoms with Crippen molar-refractivity contribution < 1.29 is 17.9 Å². The molecule has 1 saturated heterocycles. The molecule has 2 aromatic rings. The fourth-order valence-corrected chi connectivity index (χ4v) is 4.03. The van der Waals surface area contributed by atoms with Crippen molar-refractivity contribution in [1.29, 1.82) is 0 Å². The number of ether oxygens (including phenoxy) is 1. The Hall–Kier alpha value is -1.84. The maximum absolute atomic E-state index is 12.2. The molecule has 1 N–H and O–H groups in total. The van der Waals surface area contributed by atoms with Crippen molar-refractivity contribution in [3.63, 3.8) is 0 Å². The average molecular weight is 367 g/mol. The van der Waals surface area contributed by atoms with E-state index in [0.29, 0.717) is 16.3 Å². The number of hydrogen-bond donors (Lipinski definition) is 1. The van der Waals surface area contributed by atoms with Crippen molar-refractivity contribution >= 4 is 32.2 Å². The monoisotopic (exact) mass is 367 g/mol. The molecule has 0 saturated carbocycles. The van der Waals surface area contributed by atoms with Gasteiger partial charge in [-0.3, -0.25) is 10.1 Å². The number of rotatable bonds is 5. The Balaban J connectivity index is 1.64. The third kappa shape index (κ3) is 4.37. The maximum atomic E-state index is 12.2. The number of amides is 1. The minimum absolute atomic E-state index is 0.0246. The van der Waals surface area contributed by atoms with Gasteiger partial charge in [0.1, 0.15) is 11.1 Å². The highest BCUT2D eigenvalue weighted by Crippen LogP contribution is 2.31. The molecule has 3 rings (SSSR count). The standard InChI is InChI=1S/C15H17N3O4S2/c1-24(20,21)9-10-4-6-11(7-5-10)13(19)16-15-18-17-14(23-15)12-3-2-8-22-12/h4-7,12H,2-3,8-9H2,1H3,(H,16,18,19). The second-order valence-corrected chi connectivity index (χ2v) is 8.82. The summed E-state index contributed by atoms with van der Waals surface area (Å²) in [4.78, 5) is 12.2. The van der Waals surface area contributed by atoms with Crippen LogP contribution in [0.25, 0.3) is 0 Å². The zero-order valence-electron chi connectivity index (χ0n) is 13.1. The first-order chi connectivity index (χ1) is 11.4. The molecule has 1 unspecified atom stereocenters. The number of carbonyl (C=O) groups is 1. The van der Waals surface area contributed by atoms with Gasteiger partial charge < -0.3 is 4.74 Å². The van der Waals surface area contributed by atoms with Gasteiger partial charge in [0.2, 0.25) is 5.13 Å². The normalized spacial score (nSPS) is 17.8. The van der Waals surface area contributed by atoms with Gasteiger partial charge in [0.05, 0.1) is 5.75 Å². The highest BCUT2D eigenvalue weighted by atomic mass is 32.2. The van der Waals surface area contributed by atoms with Crippen molar-refractivity contribution in [2.45, 2.75) is 24.7 Å². The van der Waals surface area contributed by atoms with Crippen LogP contribution in [0.3, 0.4) is 0 Å². The predicted octanol–water partition coefficient (Wildman–Crippen LogP) is 2.19. The Morgan fingerprint density at radius 1 is 1.33 bits per heavy atom. The summed E-state index contributed by atoms with van der Waals surface area (Å²) in [6, 6.07) is 6.46. The van der Waals surface area contributed by atoms with Crippen molar-refractivity contribution in [1.82, 2.24) is 10.2 Å². The number of benzene rings is 1. The lowest BCUT2D eigenvalue weighted by atomic mass is 10.1. The van der Waals surface area contributed by atoms with Crippen molar-refractivity contribution in [2.75, 3.05) is 18.2 Å². The van der Waals surface area contributed by atoms with E-state index in [2.05, 4.69) is 15.5 Å². The number of nitrogens with one attached hydrogen (secondary N) is 1. The van der Waals surface area contributed by atoms with Gasteiger partial charge in [-0.15, -0.1) is 10.2 Å². The Bertz CT molecular complexity index is 825. The zero-order chi connectivity index (χ0) is 17.2. The second-order valence-electron chi connectivity index (χ2n) is 5.67. The molecule has 2 heterocycles. The molecule has 1 aromatic heterocycles. The van der Waals surface area contributed by atoms with Gasteiger partial charge in [0.25, 0.3) is 5.91 Å². The summed E-state index contributed by atoms with van der Waals surface area (Å²) in [6.45, 7) is 0.728. The summed E-state index contributed by atoms with van der Waals surface area (Å²) in [5, 5.41) is 11.9. The van der Waals surface area contributed by atoms with Crippen LogP contribution >= 0.6 is 11.3 Å². The SMILES string of the molecule is CS(=O)(=O)Cc1ccc(C(=O)Nc2nnc(C3CCCO3)s2)cc1. The van der Waals surface area contributed by atoms with E-state index in [-0.39, 0.29) is 17.8 Å². The van der Waals surface area contributed by atoms with E-state index in [9.17, 15) is 13.2 Å². The smallest absolute Gasteiger partial charge is 0.257 e. The number of nitrogens with zero attached hydrogens (tertiary/aromatic N) is 2. The van der Waals surface area contributed by atoms with E-state index in [1.807, 2.05) is 0 Å². The topological polar surface area (TPSA) is 98.2 Å². The molecule has 7 nitrogen and oxygen atoms in total. The van der Waals surface area contributed by atoms with Crippen molar-refractivity contribution in [2.24, 2.45) is 0 Å². The Kier molecular flexibility index (Phi) is 4.93. The predicted molar refractivity (Wildman–Crippen MR) is 90.8 cm³/mol. The summed E-state index contributed by atoms with van der Waals surface area (Å²) >= 11 is 1.31. The van der Waals surface area contributed by atoms with Crippen LogP contribution in [0.4, 0.5) is 5.13 Å². The Morgan fingerprint density at radius 3 is 2.71 bits per heavy atom. The van der Waals surface area contributed by atoms with Gasteiger partial charge in [-0.1, -0.05) is 23.5 Å². The minimum Gasteiger partial charge on any atom is -0.371 e.